The Morgan fingerprint density at radius 1 is 1.70 bits per heavy atom. The number of anilines is 1. The van der Waals surface area contributed by atoms with Crippen molar-refractivity contribution in [3.63, 3.8) is 0 Å². The Bertz CT molecular complexity index is 296. The van der Waals surface area contributed by atoms with E-state index in [4.69, 9.17) is 1.37 Å². The zero-order valence-corrected chi connectivity index (χ0v) is 5.41. The molecule has 2 heterocycles. The second kappa shape index (κ2) is 2.14. The second-order valence-corrected chi connectivity index (χ2v) is 2.11. The summed E-state index contributed by atoms with van der Waals surface area (Å²) in [6.45, 7) is -0.327. The van der Waals surface area contributed by atoms with Crippen LogP contribution in [0, 0.1) is 0 Å². The maximum atomic E-state index is 7.38. The third kappa shape index (κ3) is 0.778. The van der Waals surface area contributed by atoms with Crippen LogP contribution in [0.5, 0.6) is 0 Å². The highest BCUT2D eigenvalue weighted by Crippen LogP contribution is 2.16. The molecular formula is C8H8N2. The van der Waals surface area contributed by atoms with E-state index in [-0.39, 0.29) is 6.52 Å². The molecule has 2 heteroatoms. The van der Waals surface area contributed by atoms with Crippen molar-refractivity contribution in [2.45, 2.75) is 0 Å². The van der Waals surface area contributed by atoms with E-state index in [0.717, 1.165) is 11.4 Å². The molecule has 1 N–H and O–H groups in total. The van der Waals surface area contributed by atoms with Crippen molar-refractivity contribution in [2.75, 3.05) is 11.8 Å². The molecule has 0 aliphatic carbocycles. The summed E-state index contributed by atoms with van der Waals surface area (Å²) in [5.41, 5.74) is 1.85. The van der Waals surface area contributed by atoms with Crippen LogP contribution in [0.4, 0.5) is 5.69 Å². The first kappa shape index (κ1) is 4.50. The van der Waals surface area contributed by atoms with E-state index in [1.54, 1.807) is 12.3 Å². The van der Waals surface area contributed by atoms with Crippen molar-refractivity contribution in [1.29, 1.82) is 0 Å². The monoisotopic (exact) mass is 133 g/mol. The molecule has 0 radical (unpaired) electrons. The van der Waals surface area contributed by atoms with Gasteiger partial charge < -0.3 is 5.32 Å². The maximum Gasteiger partial charge on any atom is 0.0858 e. The highest BCUT2D eigenvalue weighted by atomic mass is 14.9. The minimum Gasteiger partial charge on any atom is -0.380 e. The van der Waals surface area contributed by atoms with Gasteiger partial charge in [0.25, 0.3) is 0 Å². The number of fused-ring (bicyclic) bond motifs is 1. The molecule has 0 aromatic carbocycles. The molecule has 0 saturated heterocycles. The van der Waals surface area contributed by atoms with E-state index in [1.807, 2.05) is 18.2 Å². The molecule has 0 spiro atoms. The molecule has 2 rings (SSSR count). The molecule has 2 nitrogen and oxygen atoms in total. The number of hydrogen-bond acceptors (Lipinski definition) is 2. The van der Waals surface area contributed by atoms with Crippen molar-refractivity contribution in [3.8, 4) is 0 Å². The minimum absolute atomic E-state index is 0.327. The summed E-state index contributed by atoms with van der Waals surface area (Å²) in [5.74, 6) is 0. The Labute approximate surface area is 61.0 Å². The zero-order valence-electron chi connectivity index (χ0n) is 6.41. The van der Waals surface area contributed by atoms with Crippen LogP contribution in [0.2, 0.25) is 0 Å². The van der Waals surface area contributed by atoms with Crippen LogP contribution in [0.3, 0.4) is 0 Å². The van der Waals surface area contributed by atoms with Crippen LogP contribution in [0.1, 0.15) is 7.06 Å². The predicted octanol–water partition coefficient (Wildman–Crippen LogP) is 1.52. The Morgan fingerprint density at radius 2 is 2.70 bits per heavy atom. The fourth-order valence-corrected chi connectivity index (χ4v) is 0.950. The molecule has 0 fully saturated rings. The van der Waals surface area contributed by atoms with E-state index in [1.165, 1.54) is 0 Å². The fraction of sp³-hybridized carbons (Fsp3) is 0.125. The fourth-order valence-electron chi connectivity index (χ4n) is 0.950. The van der Waals surface area contributed by atoms with Gasteiger partial charge in [-0.2, -0.15) is 0 Å². The van der Waals surface area contributed by atoms with Crippen molar-refractivity contribution < 1.29 is 1.37 Å². The molecule has 0 bridgehead atoms. The summed E-state index contributed by atoms with van der Waals surface area (Å²) in [4.78, 5) is 4.12. The number of hydrogen-bond donors (Lipinski definition) is 1. The minimum atomic E-state index is -0.327. The lowest BCUT2D eigenvalue weighted by molar-refractivity contribution is 1.22. The van der Waals surface area contributed by atoms with Gasteiger partial charge in [0.15, 0.2) is 0 Å². The van der Waals surface area contributed by atoms with Gasteiger partial charge in [0.1, 0.15) is 0 Å². The van der Waals surface area contributed by atoms with Crippen LogP contribution in [0.25, 0.3) is 6.08 Å². The summed E-state index contributed by atoms with van der Waals surface area (Å²) >= 11 is 0. The van der Waals surface area contributed by atoms with E-state index >= 15 is 0 Å². The van der Waals surface area contributed by atoms with Crippen LogP contribution in [0.15, 0.2) is 24.4 Å². The van der Waals surface area contributed by atoms with E-state index in [0.29, 0.717) is 0 Å². The standard InChI is InChI=1S/C8H8N2/c1-3-7-8(9-5-1)4-2-6-10-7/h1-5,10H,6H2/i6D. The first-order chi connectivity index (χ1) is 5.36. The molecule has 1 aromatic heterocycles. The smallest absolute Gasteiger partial charge is 0.0858 e. The van der Waals surface area contributed by atoms with Gasteiger partial charge in [-0.1, -0.05) is 6.08 Å². The van der Waals surface area contributed by atoms with Gasteiger partial charge in [0.05, 0.1) is 12.8 Å². The zero-order chi connectivity index (χ0) is 7.68. The number of aromatic nitrogens is 1. The van der Waals surface area contributed by atoms with Crippen LogP contribution >= 0.6 is 0 Å². The van der Waals surface area contributed by atoms with Crippen molar-refractivity contribution in [3.05, 3.63) is 30.1 Å². The quantitative estimate of drug-likeness (QED) is 0.580. The second-order valence-electron chi connectivity index (χ2n) is 2.11. The third-order valence-corrected chi connectivity index (χ3v) is 1.43. The molecule has 0 saturated carbocycles. The van der Waals surface area contributed by atoms with Crippen LogP contribution in [-0.2, 0) is 0 Å². The largest absolute Gasteiger partial charge is 0.380 e. The normalized spacial score (nSPS) is 22.8. The predicted molar refractivity (Wildman–Crippen MR) is 41.8 cm³/mol. The van der Waals surface area contributed by atoms with Gasteiger partial charge in [-0.3, -0.25) is 4.98 Å². The summed E-state index contributed by atoms with van der Waals surface area (Å²) in [6.07, 6.45) is 5.38. The topological polar surface area (TPSA) is 24.9 Å². The van der Waals surface area contributed by atoms with Crippen molar-refractivity contribution in [2.24, 2.45) is 0 Å². The molecule has 1 aromatic rings. The Balaban J connectivity index is 2.46. The average molecular weight is 133 g/mol. The first-order valence-corrected chi connectivity index (χ1v) is 3.18. The maximum absolute atomic E-state index is 7.38. The molecule has 1 unspecified atom stereocenters. The van der Waals surface area contributed by atoms with Gasteiger partial charge in [0.2, 0.25) is 0 Å². The van der Waals surface area contributed by atoms with Gasteiger partial charge >= 0.3 is 0 Å². The summed E-state index contributed by atoms with van der Waals surface area (Å²) in [7, 11) is 0. The lowest BCUT2D eigenvalue weighted by Gasteiger charge is -2.09. The lowest BCUT2D eigenvalue weighted by Crippen LogP contribution is -2.04. The molecule has 0 amide bonds. The van der Waals surface area contributed by atoms with Gasteiger partial charge in [-0.25, -0.2) is 0 Å². The van der Waals surface area contributed by atoms with Crippen molar-refractivity contribution in [1.82, 2.24) is 4.98 Å². The molecular weight excluding hydrogens is 124 g/mol. The molecule has 50 valence electrons. The highest BCUT2D eigenvalue weighted by molar-refractivity contribution is 5.66. The van der Waals surface area contributed by atoms with Crippen molar-refractivity contribution >= 4 is 11.8 Å². The van der Waals surface area contributed by atoms with Gasteiger partial charge in [-0.15, -0.1) is 0 Å². The first-order valence-electron chi connectivity index (χ1n) is 3.76. The summed E-state index contributed by atoms with van der Waals surface area (Å²) in [6, 6.07) is 3.78. The SMILES string of the molecule is [2H]C1C=Cc2ncccc2N1. The Kier molecular flexibility index (Phi) is 0.961. The number of nitrogens with zero attached hydrogens (tertiary/aromatic N) is 1. The lowest BCUT2D eigenvalue weighted by atomic mass is 10.2. The number of rotatable bonds is 0. The van der Waals surface area contributed by atoms with E-state index in [2.05, 4.69) is 10.3 Å². The molecule has 1 aliphatic heterocycles. The number of nitrogens with one attached hydrogen (secondary N) is 1. The van der Waals surface area contributed by atoms with E-state index in [9.17, 15) is 0 Å². The van der Waals surface area contributed by atoms with Gasteiger partial charge in [-0.05, 0) is 18.2 Å². The average Bonchev–Trinajstić information content (AvgIpc) is 2.04. The number of pyridine rings is 1. The Morgan fingerprint density at radius 3 is 3.70 bits per heavy atom. The molecule has 1 atom stereocenters. The molecule has 10 heavy (non-hydrogen) atoms. The summed E-state index contributed by atoms with van der Waals surface area (Å²) in [5, 5.41) is 2.98. The van der Waals surface area contributed by atoms with Crippen LogP contribution in [-0.4, -0.2) is 11.5 Å². The Hall–Kier alpha value is -1.31. The third-order valence-electron chi connectivity index (χ3n) is 1.43. The highest BCUT2D eigenvalue weighted by Gasteiger charge is 2.00. The van der Waals surface area contributed by atoms with Gasteiger partial charge in [0, 0.05) is 12.7 Å². The van der Waals surface area contributed by atoms with Crippen LogP contribution < -0.4 is 5.32 Å². The summed E-state index contributed by atoms with van der Waals surface area (Å²) < 4.78 is 7.38. The van der Waals surface area contributed by atoms with E-state index < -0.39 is 0 Å². The molecule has 1 aliphatic rings.